The van der Waals surface area contributed by atoms with E-state index < -0.39 is 5.66 Å². The molecule has 7 nitrogen and oxygen atoms in total. The van der Waals surface area contributed by atoms with E-state index >= 15 is 0 Å². The highest BCUT2D eigenvalue weighted by molar-refractivity contribution is 6.08. The van der Waals surface area contributed by atoms with E-state index in [1.807, 2.05) is 4.90 Å². The van der Waals surface area contributed by atoms with Gasteiger partial charge in [0.15, 0.2) is 5.78 Å². The maximum absolute atomic E-state index is 12.3. The number of carbonyl (C=O) groups is 1. The number of aromatic amines is 1. The van der Waals surface area contributed by atoms with Crippen LogP contribution in [0.15, 0.2) is 28.2 Å². The largest absolute Gasteiger partial charge is 0.369 e. The Morgan fingerprint density at radius 1 is 1.07 bits per heavy atom. The van der Waals surface area contributed by atoms with Gasteiger partial charge in [0.05, 0.1) is 5.69 Å². The predicted molar refractivity (Wildman–Crippen MR) is 107 cm³/mol. The molecule has 140 valence electrons. The van der Waals surface area contributed by atoms with Gasteiger partial charge in [0, 0.05) is 23.0 Å². The number of aryl methyl sites for hydroxylation is 1. The first kappa shape index (κ1) is 16.4. The third-order valence-electron chi connectivity index (χ3n) is 6.11. The monoisotopic (exact) mass is 364 g/mol. The van der Waals surface area contributed by atoms with Gasteiger partial charge in [-0.15, -0.1) is 0 Å². The minimum atomic E-state index is -0.454. The standard InChI is InChI=1S/C20H24N6O/c21-18-24-19(22)26(20(25-18)9-2-1-3-10-20)12-7-8-13-14-5-4-6-16(27)17(14)23-15(13)11-12/h7-8,11,23H,1-6,9-10H2,(H4,21,22,24,25). The SMILES string of the molecule is NC1=NC2(CCCCC2)N(c2ccc3c4c([nH]c3c2)C(=O)CCC4)C(N)=N1. The van der Waals surface area contributed by atoms with Crippen molar-refractivity contribution < 1.29 is 4.79 Å². The molecule has 5 rings (SSSR count). The number of Topliss-reactive ketones (excluding diaryl/α,β-unsaturated/α-hetero) is 1. The third-order valence-corrected chi connectivity index (χ3v) is 6.11. The van der Waals surface area contributed by atoms with Gasteiger partial charge >= 0.3 is 0 Å². The molecule has 1 aromatic heterocycles. The first-order valence-electron chi connectivity index (χ1n) is 9.75. The van der Waals surface area contributed by atoms with Crippen molar-refractivity contribution in [2.24, 2.45) is 21.5 Å². The summed E-state index contributed by atoms with van der Waals surface area (Å²) < 4.78 is 0. The van der Waals surface area contributed by atoms with Gasteiger partial charge in [-0.1, -0.05) is 12.5 Å². The summed E-state index contributed by atoms with van der Waals surface area (Å²) in [6, 6.07) is 6.21. The lowest BCUT2D eigenvalue weighted by Gasteiger charge is -2.45. The lowest BCUT2D eigenvalue weighted by Crippen LogP contribution is -2.58. The number of benzene rings is 1. The highest BCUT2D eigenvalue weighted by Crippen LogP contribution is 2.40. The molecule has 1 saturated carbocycles. The van der Waals surface area contributed by atoms with Crippen LogP contribution in [0.2, 0.25) is 0 Å². The van der Waals surface area contributed by atoms with Gasteiger partial charge in [-0.05, 0) is 56.2 Å². The number of carbonyl (C=O) groups excluding carboxylic acids is 1. The second kappa shape index (κ2) is 5.84. The number of nitrogens with two attached hydrogens (primary N) is 2. The number of H-pyrrole nitrogens is 1. The van der Waals surface area contributed by atoms with Crippen molar-refractivity contribution in [2.75, 3.05) is 4.90 Å². The van der Waals surface area contributed by atoms with Gasteiger partial charge in [0.2, 0.25) is 11.9 Å². The van der Waals surface area contributed by atoms with Crippen molar-refractivity contribution in [2.45, 2.75) is 57.0 Å². The summed E-state index contributed by atoms with van der Waals surface area (Å²) in [6.07, 6.45) is 7.68. The number of hydrogen-bond donors (Lipinski definition) is 3. The molecule has 2 heterocycles. The Labute approximate surface area is 157 Å². The van der Waals surface area contributed by atoms with Gasteiger partial charge in [-0.25, -0.2) is 4.99 Å². The zero-order valence-electron chi connectivity index (χ0n) is 15.3. The Kier molecular flexibility index (Phi) is 3.54. The fraction of sp³-hybridized carbons (Fsp3) is 0.450. The number of aromatic nitrogens is 1. The summed E-state index contributed by atoms with van der Waals surface area (Å²) in [5.41, 5.74) is 15.6. The van der Waals surface area contributed by atoms with Crippen LogP contribution in [0.3, 0.4) is 0 Å². The number of nitrogens with zero attached hydrogens (tertiary/aromatic N) is 3. The van der Waals surface area contributed by atoms with Crippen molar-refractivity contribution in [3.63, 3.8) is 0 Å². The number of nitrogens with one attached hydrogen (secondary N) is 1. The second-order valence-corrected chi connectivity index (χ2v) is 7.80. The van der Waals surface area contributed by atoms with E-state index in [4.69, 9.17) is 16.5 Å². The molecule has 2 aromatic rings. The molecule has 1 spiro atoms. The van der Waals surface area contributed by atoms with Gasteiger partial charge in [-0.2, -0.15) is 4.99 Å². The minimum absolute atomic E-state index is 0.203. The lowest BCUT2D eigenvalue weighted by molar-refractivity contribution is 0.0968. The van der Waals surface area contributed by atoms with E-state index in [0.717, 1.165) is 66.4 Å². The quantitative estimate of drug-likeness (QED) is 0.722. The Morgan fingerprint density at radius 2 is 1.89 bits per heavy atom. The first-order chi connectivity index (χ1) is 13.1. The minimum Gasteiger partial charge on any atom is -0.369 e. The van der Waals surface area contributed by atoms with Gasteiger partial charge in [-0.3, -0.25) is 9.69 Å². The average molecular weight is 364 g/mol. The fourth-order valence-electron chi connectivity index (χ4n) is 4.93. The van der Waals surface area contributed by atoms with Crippen LogP contribution in [0.4, 0.5) is 5.69 Å². The number of aliphatic imine (C=N–C) groups is 2. The summed E-state index contributed by atoms with van der Waals surface area (Å²) in [5.74, 6) is 0.845. The van der Waals surface area contributed by atoms with E-state index in [-0.39, 0.29) is 11.7 Å². The van der Waals surface area contributed by atoms with Crippen molar-refractivity contribution >= 4 is 34.3 Å². The highest BCUT2D eigenvalue weighted by Gasteiger charge is 2.42. The van der Waals surface area contributed by atoms with Gasteiger partial charge in [0.1, 0.15) is 5.66 Å². The topological polar surface area (TPSA) is 113 Å². The zero-order chi connectivity index (χ0) is 18.6. The zero-order valence-corrected chi connectivity index (χ0v) is 15.3. The van der Waals surface area contributed by atoms with E-state index in [1.54, 1.807) is 0 Å². The van der Waals surface area contributed by atoms with Gasteiger partial charge < -0.3 is 16.5 Å². The maximum Gasteiger partial charge on any atom is 0.220 e. The lowest BCUT2D eigenvalue weighted by atomic mass is 9.87. The predicted octanol–water partition coefficient (Wildman–Crippen LogP) is 2.80. The van der Waals surface area contributed by atoms with Crippen LogP contribution in [0, 0.1) is 0 Å². The molecule has 2 aliphatic carbocycles. The Morgan fingerprint density at radius 3 is 2.70 bits per heavy atom. The number of anilines is 1. The molecule has 1 aromatic carbocycles. The molecular formula is C20H24N6O. The molecule has 1 aliphatic heterocycles. The number of fused-ring (bicyclic) bond motifs is 3. The van der Waals surface area contributed by atoms with E-state index in [2.05, 4.69) is 28.2 Å². The molecule has 5 N–H and O–H groups in total. The Hall–Kier alpha value is -2.83. The summed E-state index contributed by atoms with van der Waals surface area (Å²) in [5, 5.41) is 1.12. The molecule has 3 aliphatic rings. The van der Waals surface area contributed by atoms with Crippen LogP contribution in [0.5, 0.6) is 0 Å². The number of ketones is 1. The molecule has 0 radical (unpaired) electrons. The van der Waals surface area contributed by atoms with Crippen LogP contribution in [-0.4, -0.2) is 28.3 Å². The van der Waals surface area contributed by atoms with E-state index in [1.165, 1.54) is 6.42 Å². The molecule has 0 amide bonds. The molecule has 7 heteroatoms. The van der Waals surface area contributed by atoms with E-state index in [9.17, 15) is 4.79 Å². The summed E-state index contributed by atoms with van der Waals surface area (Å²) >= 11 is 0. The van der Waals surface area contributed by atoms with Gasteiger partial charge in [0.25, 0.3) is 0 Å². The van der Waals surface area contributed by atoms with Crippen LogP contribution in [0.25, 0.3) is 10.9 Å². The van der Waals surface area contributed by atoms with Crippen molar-refractivity contribution in [1.82, 2.24) is 4.98 Å². The summed E-state index contributed by atoms with van der Waals surface area (Å²) in [4.78, 5) is 26.6. The maximum atomic E-state index is 12.3. The fourth-order valence-corrected chi connectivity index (χ4v) is 4.93. The molecule has 0 saturated heterocycles. The molecule has 0 atom stereocenters. The number of guanidine groups is 2. The summed E-state index contributed by atoms with van der Waals surface area (Å²) in [6.45, 7) is 0. The normalized spacial score (nSPS) is 21.9. The number of hydrogen-bond acceptors (Lipinski definition) is 6. The van der Waals surface area contributed by atoms with Crippen molar-refractivity contribution in [3.8, 4) is 0 Å². The third kappa shape index (κ3) is 2.44. The Balaban J connectivity index is 1.63. The Bertz CT molecular complexity index is 995. The van der Waals surface area contributed by atoms with E-state index in [0.29, 0.717) is 12.4 Å². The first-order valence-corrected chi connectivity index (χ1v) is 9.75. The van der Waals surface area contributed by atoms with Crippen LogP contribution >= 0.6 is 0 Å². The number of rotatable bonds is 1. The van der Waals surface area contributed by atoms with Crippen LogP contribution in [-0.2, 0) is 6.42 Å². The molecule has 1 fully saturated rings. The average Bonchev–Trinajstić information content (AvgIpc) is 3.01. The molecule has 0 unspecified atom stereocenters. The molecule has 27 heavy (non-hydrogen) atoms. The van der Waals surface area contributed by atoms with Crippen LogP contribution < -0.4 is 16.4 Å². The second-order valence-electron chi connectivity index (χ2n) is 7.80. The van der Waals surface area contributed by atoms with Crippen molar-refractivity contribution in [1.29, 1.82) is 0 Å². The van der Waals surface area contributed by atoms with Crippen molar-refractivity contribution in [3.05, 3.63) is 29.5 Å². The smallest absolute Gasteiger partial charge is 0.220 e. The van der Waals surface area contributed by atoms with Crippen LogP contribution in [0.1, 0.15) is 61.0 Å². The molecule has 0 bridgehead atoms. The summed E-state index contributed by atoms with van der Waals surface area (Å²) in [7, 11) is 0. The highest BCUT2D eigenvalue weighted by atomic mass is 16.1. The molecular weight excluding hydrogens is 340 g/mol.